The van der Waals surface area contributed by atoms with Crippen LogP contribution in [0.4, 0.5) is 0 Å². The van der Waals surface area contributed by atoms with Gasteiger partial charge in [-0.2, -0.15) is 0 Å². The number of rotatable bonds is 6. The number of carboxylic acids is 2. The number of aliphatic hydroxyl groups is 2. The molecule has 0 bridgehead atoms. The molecule has 0 aliphatic rings. The van der Waals surface area contributed by atoms with Crippen molar-refractivity contribution in [2.75, 3.05) is 13.2 Å². The fourth-order valence-corrected chi connectivity index (χ4v) is 0.518. The van der Waals surface area contributed by atoms with Crippen molar-refractivity contribution in [1.82, 2.24) is 0 Å². The molecule has 0 aromatic carbocycles. The van der Waals surface area contributed by atoms with Crippen molar-refractivity contribution in [1.29, 1.82) is 0 Å². The molecule has 15 heavy (non-hydrogen) atoms. The van der Waals surface area contributed by atoms with Gasteiger partial charge in [-0.3, -0.25) is 0 Å². The largest absolute Gasteiger partial charge is 0.502 e. The first kappa shape index (κ1) is 13.0. The Labute approximate surface area is 84.5 Å². The smallest absolute Gasteiger partial charge is 0.370 e. The van der Waals surface area contributed by atoms with E-state index in [0.29, 0.717) is 0 Å². The Balaban J connectivity index is 3.83. The lowest BCUT2D eigenvalue weighted by molar-refractivity contribution is -0.136. The number of hydrogen-bond acceptors (Lipinski definition) is 5. The molecule has 0 saturated carbocycles. The van der Waals surface area contributed by atoms with Gasteiger partial charge in [0.05, 0.1) is 13.2 Å². The van der Waals surface area contributed by atoms with E-state index in [9.17, 15) is 9.59 Å². The third-order valence-electron chi connectivity index (χ3n) is 1.23. The van der Waals surface area contributed by atoms with Crippen LogP contribution >= 0.6 is 0 Å². The highest BCUT2D eigenvalue weighted by Crippen LogP contribution is 1.91. The molecule has 0 rings (SSSR count). The van der Waals surface area contributed by atoms with Gasteiger partial charge in [-0.15, -0.1) is 0 Å². The first-order chi connectivity index (χ1) is 6.95. The Morgan fingerprint density at radius 1 is 0.867 bits per heavy atom. The van der Waals surface area contributed by atoms with E-state index in [1.165, 1.54) is 0 Å². The van der Waals surface area contributed by atoms with Crippen molar-refractivity contribution >= 4 is 11.9 Å². The lowest BCUT2D eigenvalue weighted by Gasteiger charge is -1.96. The molecule has 0 fully saturated rings. The van der Waals surface area contributed by atoms with Gasteiger partial charge in [0.15, 0.2) is 11.5 Å². The molecule has 0 spiro atoms. The summed E-state index contributed by atoms with van der Waals surface area (Å²) in [5, 5.41) is 33.7. The Hall–Kier alpha value is -2.02. The van der Waals surface area contributed by atoms with Crippen LogP contribution in [0.15, 0.2) is 23.7 Å². The maximum Gasteiger partial charge on any atom is 0.370 e. The molecule has 0 aromatic rings. The molecule has 0 amide bonds. The summed E-state index contributed by atoms with van der Waals surface area (Å²) in [5.74, 6) is -4.69. The summed E-state index contributed by atoms with van der Waals surface area (Å²) in [5.41, 5.74) is 0. The van der Waals surface area contributed by atoms with Crippen LogP contribution in [0, 0.1) is 0 Å². The number of aliphatic hydroxyl groups excluding tert-OH is 2. The van der Waals surface area contributed by atoms with Gasteiger partial charge in [0.2, 0.25) is 0 Å². The van der Waals surface area contributed by atoms with Crippen LogP contribution in [-0.2, 0) is 14.3 Å². The fourth-order valence-electron chi connectivity index (χ4n) is 0.518. The molecular weight excluding hydrogens is 208 g/mol. The number of ether oxygens (including phenoxy) is 1. The molecule has 0 aromatic heterocycles. The highest BCUT2D eigenvalue weighted by molar-refractivity contribution is 5.83. The minimum atomic E-state index is -1.48. The van der Waals surface area contributed by atoms with Crippen LogP contribution in [0.3, 0.4) is 0 Å². The Kier molecular flexibility index (Phi) is 5.57. The van der Waals surface area contributed by atoms with E-state index in [2.05, 4.69) is 4.74 Å². The van der Waals surface area contributed by atoms with Crippen molar-refractivity contribution in [3.05, 3.63) is 23.7 Å². The third-order valence-corrected chi connectivity index (χ3v) is 1.23. The lowest BCUT2D eigenvalue weighted by atomic mass is 10.4. The highest BCUT2D eigenvalue weighted by Gasteiger charge is 2.03. The zero-order valence-corrected chi connectivity index (χ0v) is 7.58. The molecule has 7 heteroatoms. The molecule has 0 saturated heterocycles. The molecular formula is C8H10O7. The van der Waals surface area contributed by atoms with Crippen LogP contribution in [0.2, 0.25) is 0 Å². The van der Waals surface area contributed by atoms with E-state index in [1.807, 2.05) is 0 Å². The van der Waals surface area contributed by atoms with Gasteiger partial charge in [0.25, 0.3) is 0 Å². The normalized spacial score (nSPS) is 12.5. The zero-order chi connectivity index (χ0) is 11.8. The quantitative estimate of drug-likeness (QED) is 0.282. The summed E-state index contributed by atoms with van der Waals surface area (Å²) >= 11 is 0. The van der Waals surface area contributed by atoms with Gasteiger partial charge in [0.1, 0.15) is 0 Å². The zero-order valence-electron chi connectivity index (χ0n) is 7.58. The number of aliphatic carboxylic acids is 2. The van der Waals surface area contributed by atoms with E-state index in [0.717, 1.165) is 12.2 Å². The van der Waals surface area contributed by atoms with Crippen LogP contribution in [0.1, 0.15) is 0 Å². The maximum absolute atomic E-state index is 10.1. The van der Waals surface area contributed by atoms with Gasteiger partial charge in [-0.25, -0.2) is 9.59 Å². The minimum absolute atomic E-state index is 0.207. The summed E-state index contributed by atoms with van der Waals surface area (Å²) in [6.07, 6.45) is 1.79. The predicted octanol–water partition coefficient (Wildman–Crippen LogP) is 0.0560. The van der Waals surface area contributed by atoms with E-state index in [4.69, 9.17) is 20.4 Å². The Morgan fingerprint density at radius 3 is 1.47 bits per heavy atom. The van der Waals surface area contributed by atoms with E-state index in [-0.39, 0.29) is 13.2 Å². The van der Waals surface area contributed by atoms with E-state index >= 15 is 0 Å². The molecule has 0 aliphatic carbocycles. The second-order valence-electron chi connectivity index (χ2n) is 2.33. The van der Waals surface area contributed by atoms with Gasteiger partial charge in [-0.05, 0) is 12.2 Å². The topological polar surface area (TPSA) is 124 Å². The molecule has 0 unspecified atom stereocenters. The average Bonchev–Trinajstić information content (AvgIpc) is 2.16. The van der Waals surface area contributed by atoms with E-state index < -0.39 is 23.5 Å². The van der Waals surface area contributed by atoms with Gasteiger partial charge in [0, 0.05) is 0 Å². The van der Waals surface area contributed by atoms with Crippen molar-refractivity contribution < 1.29 is 34.8 Å². The Bertz CT molecular complexity index is 272. The predicted molar refractivity (Wildman–Crippen MR) is 47.5 cm³/mol. The highest BCUT2D eigenvalue weighted by atomic mass is 16.5. The third kappa shape index (κ3) is 6.11. The van der Waals surface area contributed by atoms with Crippen molar-refractivity contribution in [2.45, 2.75) is 0 Å². The first-order valence-electron chi connectivity index (χ1n) is 3.77. The molecule has 0 heterocycles. The summed E-state index contributed by atoms with van der Waals surface area (Å²) in [6.45, 7) is -0.414. The molecule has 0 radical (unpaired) electrons. The Morgan fingerprint density at radius 2 is 1.20 bits per heavy atom. The number of hydrogen-bond donors (Lipinski definition) is 4. The van der Waals surface area contributed by atoms with E-state index in [1.54, 1.807) is 0 Å². The van der Waals surface area contributed by atoms with Crippen LogP contribution < -0.4 is 0 Å². The number of carbonyl (C=O) groups is 2. The maximum atomic E-state index is 10.1. The average molecular weight is 218 g/mol. The summed E-state index contributed by atoms with van der Waals surface area (Å²) in [7, 11) is 0. The first-order valence-corrected chi connectivity index (χ1v) is 3.77. The molecule has 7 nitrogen and oxygen atoms in total. The second kappa shape index (κ2) is 6.44. The SMILES string of the molecule is O=C(O)C(O)=CCOCC=C(O)C(=O)O. The van der Waals surface area contributed by atoms with Gasteiger partial charge < -0.3 is 25.2 Å². The molecule has 0 atom stereocenters. The van der Waals surface area contributed by atoms with Crippen molar-refractivity contribution in [2.24, 2.45) is 0 Å². The van der Waals surface area contributed by atoms with Crippen LogP contribution in [-0.4, -0.2) is 45.6 Å². The molecule has 4 N–H and O–H groups in total. The summed E-state index contributed by atoms with van der Waals surface area (Å²) in [6, 6.07) is 0. The second-order valence-corrected chi connectivity index (χ2v) is 2.33. The molecule has 84 valence electrons. The molecule has 0 aliphatic heterocycles. The monoisotopic (exact) mass is 218 g/mol. The van der Waals surface area contributed by atoms with Gasteiger partial charge in [-0.1, -0.05) is 0 Å². The summed E-state index contributed by atoms with van der Waals surface area (Å²) in [4.78, 5) is 20.1. The van der Waals surface area contributed by atoms with Crippen molar-refractivity contribution in [3.8, 4) is 0 Å². The minimum Gasteiger partial charge on any atom is -0.502 e. The van der Waals surface area contributed by atoms with Gasteiger partial charge >= 0.3 is 11.9 Å². The van der Waals surface area contributed by atoms with Crippen LogP contribution in [0.25, 0.3) is 0 Å². The van der Waals surface area contributed by atoms with Crippen molar-refractivity contribution in [3.63, 3.8) is 0 Å². The fraction of sp³-hybridized carbons (Fsp3) is 0.250. The van der Waals surface area contributed by atoms with Crippen LogP contribution in [0.5, 0.6) is 0 Å². The number of carboxylic acid groups (broad SMARTS) is 2. The standard InChI is InChI=1S/C8H10O7/c9-5(7(11)12)1-3-15-4-2-6(10)8(13)14/h1-2,9-10H,3-4H2,(H,11,12)(H,13,14). The summed E-state index contributed by atoms with van der Waals surface area (Å²) < 4.78 is 4.68. The lowest BCUT2D eigenvalue weighted by Crippen LogP contribution is -2.03.